The smallest absolute Gasteiger partial charge is 0.267 e. The van der Waals surface area contributed by atoms with Crippen molar-refractivity contribution in [3.63, 3.8) is 0 Å². The van der Waals surface area contributed by atoms with Crippen LogP contribution in [0.2, 0.25) is 0 Å². The molecule has 0 aliphatic rings. The second kappa shape index (κ2) is 9.27. The highest BCUT2D eigenvalue weighted by Gasteiger charge is 2.20. The molecule has 176 valence electrons. The summed E-state index contributed by atoms with van der Waals surface area (Å²) < 4.78 is 14.0. The fourth-order valence-corrected chi connectivity index (χ4v) is 4.76. The molecule has 9 heteroatoms. The average Bonchev–Trinajstić information content (AvgIpc) is 3.31. The highest BCUT2D eigenvalue weighted by atomic mass is 32.2. The summed E-state index contributed by atoms with van der Waals surface area (Å²) in [6.07, 6.45) is 0. The molecule has 0 N–H and O–H groups in total. The molecule has 0 saturated heterocycles. The first kappa shape index (κ1) is 22.7. The minimum Gasteiger partial charge on any atom is -0.497 e. The van der Waals surface area contributed by atoms with Crippen LogP contribution in [0.5, 0.6) is 11.5 Å². The Labute approximate surface area is 205 Å². The lowest BCUT2D eigenvalue weighted by Gasteiger charge is -2.12. The van der Waals surface area contributed by atoms with Gasteiger partial charge < -0.3 is 9.47 Å². The Morgan fingerprint density at radius 1 is 0.971 bits per heavy atom. The molecule has 5 rings (SSSR count). The van der Waals surface area contributed by atoms with E-state index in [9.17, 15) is 9.59 Å². The highest BCUT2D eigenvalue weighted by molar-refractivity contribution is 7.99. The Morgan fingerprint density at radius 2 is 1.74 bits per heavy atom. The van der Waals surface area contributed by atoms with Crippen LogP contribution in [0.15, 0.2) is 76.7 Å². The van der Waals surface area contributed by atoms with Crippen LogP contribution in [0.3, 0.4) is 0 Å². The molecule has 8 nitrogen and oxygen atoms in total. The molecular formula is C26H22N4O4S. The number of carbonyl (C=O) groups excluding carboxylic acids is 1. The van der Waals surface area contributed by atoms with E-state index in [1.807, 2.05) is 53.8 Å². The van der Waals surface area contributed by atoms with Crippen LogP contribution in [0.4, 0.5) is 0 Å². The van der Waals surface area contributed by atoms with Gasteiger partial charge >= 0.3 is 0 Å². The first-order chi connectivity index (χ1) is 17.0. The number of aromatic nitrogens is 4. The number of ether oxygens (including phenoxy) is 2. The lowest BCUT2D eigenvalue weighted by Crippen LogP contribution is -2.21. The van der Waals surface area contributed by atoms with Gasteiger partial charge in [0.1, 0.15) is 11.5 Å². The molecular weight excluding hydrogens is 464 g/mol. The number of carbonyl (C=O) groups is 1. The molecule has 0 unspecified atom stereocenters. The maximum atomic E-state index is 13.4. The van der Waals surface area contributed by atoms with Crippen molar-refractivity contribution in [2.45, 2.75) is 12.1 Å². The van der Waals surface area contributed by atoms with Crippen LogP contribution in [0, 0.1) is 6.92 Å². The zero-order chi connectivity index (χ0) is 24.5. The molecule has 0 amide bonds. The van der Waals surface area contributed by atoms with Gasteiger partial charge in [-0.25, -0.2) is 4.57 Å². The van der Waals surface area contributed by atoms with Crippen molar-refractivity contribution in [2.75, 3.05) is 20.0 Å². The quantitative estimate of drug-likeness (QED) is 0.250. The van der Waals surface area contributed by atoms with E-state index in [2.05, 4.69) is 10.2 Å². The minimum absolute atomic E-state index is 0.113. The van der Waals surface area contributed by atoms with E-state index in [0.29, 0.717) is 44.6 Å². The van der Waals surface area contributed by atoms with E-state index in [4.69, 9.17) is 9.47 Å². The Bertz CT molecular complexity index is 1620. The van der Waals surface area contributed by atoms with E-state index in [1.54, 1.807) is 35.9 Å². The van der Waals surface area contributed by atoms with Crippen LogP contribution < -0.4 is 15.0 Å². The molecule has 0 aliphatic heterocycles. The number of Topliss-reactive ketones (excluding diaryl/α,β-unsaturated/α-hetero) is 1. The van der Waals surface area contributed by atoms with E-state index < -0.39 is 0 Å². The van der Waals surface area contributed by atoms with Crippen molar-refractivity contribution < 1.29 is 14.3 Å². The molecule has 2 aromatic heterocycles. The summed E-state index contributed by atoms with van der Waals surface area (Å²) in [4.78, 5) is 26.4. The average molecular weight is 487 g/mol. The van der Waals surface area contributed by atoms with E-state index in [1.165, 1.54) is 18.9 Å². The molecule has 3 aromatic carbocycles. The number of para-hydroxylation sites is 1. The molecule has 0 spiro atoms. The number of fused-ring (bicyclic) bond motifs is 3. The zero-order valence-corrected chi connectivity index (χ0v) is 20.2. The molecule has 5 aromatic rings. The van der Waals surface area contributed by atoms with Crippen molar-refractivity contribution in [1.82, 2.24) is 19.2 Å². The molecule has 0 saturated carbocycles. The van der Waals surface area contributed by atoms with Crippen LogP contribution in [0.1, 0.15) is 15.9 Å². The van der Waals surface area contributed by atoms with Gasteiger partial charge in [-0.1, -0.05) is 41.6 Å². The number of aryl methyl sites for hydroxylation is 1. The Balaban J connectivity index is 1.58. The summed E-state index contributed by atoms with van der Waals surface area (Å²) >= 11 is 1.25. The van der Waals surface area contributed by atoms with E-state index in [0.717, 1.165) is 5.56 Å². The molecule has 35 heavy (non-hydrogen) atoms. The van der Waals surface area contributed by atoms with Gasteiger partial charge in [-0.3, -0.25) is 14.0 Å². The highest BCUT2D eigenvalue weighted by Crippen LogP contribution is 2.28. The normalized spacial score (nSPS) is 11.2. The van der Waals surface area contributed by atoms with Gasteiger partial charge in [0.05, 0.1) is 42.1 Å². The first-order valence-electron chi connectivity index (χ1n) is 10.9. The Kier molecular flexibility index (Phi) is 6.00. The van der Waals surface area contributed by atoms with Gasteiger partial charge in [-0.05, 0) is 43.3 Å². The van der Waals surface area contributed by atoms with Crippen molar-refractivity contribution in [2.24, 2.45) is 0 Å². The number of nitrogens with zero attached hydrogens (tertiary/aromatic N) is 4. The number of benzene rings is 3. The Hall–Kier alpha value is -4.11. The number of ketones is 1. The third-order valence-electron chi connectivity index (χ3n) is 5.73. The topological polar surface area (TPSA) is 87.7 Å². The molecule has 0 atom stereocenters. The summed E-state index contributed by atoms with van der Waals surface area (Å²) in [5, 5.41) is 9.72. The summed E-state index contributed by atoms with van der Waals surface area (Å²) in [5.74, 6) is 1.42. The zero-order valence-electron chi connectivity index (χ0n) is 19.4. The largest absolute Gasteiger partial charge is 0.497 e. The van der Waals surface area contributed by atoms with E-state index >= 15 is 0 Å². The van der Waals surface area contributed by atoms with E-state index in [-0.39, 0.29) is 17.1 Å². The van der Waals surface area contributed by atoms with Crippen molar-refractivity contribution in [3.05, 3.63) is 88.2 Å². The maximum absolute atomic E-state index is 13.4. The van der Waals surface area contributed by atoms with Crippen LogP contribution >= 0.6 is 11.8 Å². The number of hydrogen-bond acceptors (Lipinski definition) is 7. The van der Waals surface area contributed by atoms with Crippen molar-refractivity contribution in [1.29, 1.82) is 0 Å². The second-order valence-electron chi connectivity index (χ2n) is 7.89. The van der Waals surface area contributed by atoms with Gasteiger partial charge in [0.15, 0.2) is 10.9 Å². The lowest BCUT2D eigenvalue weighted by molar-refractivity contribution is 0.101. The van der Waals surface area contributed by atoms with Gasteiger partial charge in [0.2, 0.25) is 5.78 Å². The molecule has 0 aliphatic carbocycles. The molecule has 0 fully saturated rings. The lowest BCUT2D eigenvalue weighted by atomic mass is 10.1. The van der Waals surface area contributed by atoms with Crippen LogP contribution in [0.25, 0.3) is 22.4 Å². The fraction of sp³-hybridized carbons (Fsp3) is 0.154. The number of thioether (sulfide) groups is 1. The molecule has 0 radical (unpaired) electrons. The van der Waals surface area contributed by atoms with Crippen molar-refractivity contribution >= 4 is 34.2 Å². The predicted octanol–water partition coefficient (Wildman–Crippen LogP) is 4.33. The monoisotopic (exact) mass is 486 g/mol. The Morgan fingerprint density at radius 3 is 2.49 bits per heavy atom. The van der Waals surface area contributed by atoms with Crippen molar-refractivity contribution in [3.8, 4) is 17.2 Å². The molecule has 2 heterocycles. The second-order valence-corrected chi connectivity index (χ2v) is 8.83. The minimum atomic E-state index is -0.181. The van der Waals surface area contributed by atoms with Crippen LogP contribution in [-0.4, -0.2) is 44.9 Å². The van der Waals surface area contributed by atoms with Gasteiger partial charge in [-0.15, -0.1) is 10.2 Å². The number of hydrogen-bond donors (Lipinski definition) is 0. The fourth-order valence-electron chi connectivity index (χ4n) is 3.94. The SMILES string of the molecule is COc1ccc(C(=O)CSc2nnc3n(-c4ccc(C)cc4)c(=O)c4ccccc4n23)c(OC)c1. The summed E-state index contributed by atoms with van der Waals surface area (Å²) in [7, 11) is 3.07. The van der Waals surface area contributed by atoms with Gasteiger partial charge in [0.25, 0.3) is 5.56 Å². The maximum Gasteiger partial charge on any atom is 0.267 e. The molecule has 0 bridgehead atoms. The standard InChI is InChI=1S/C26H22N4O4S/c1-16-8-10-17(11-9-16)29-24(32)19-6-4-5-7-21(19)30-25(29)27-28-26(30)35-15-22(31)20-13-12-18(33-2)14-23(20)34-3/h4-14H,15H2,1-3H3. The van der Waals surface area contributed by atoms with Gasteiger partial charge in [-0.2, -0.15) is 0 Å². The predicted molar refractivity (Wildman–Crippen MR) is 135 cm³/mol. The van der Waals surface area contributed by atoms with Crippen LogP contribution in [-0.2, 0) is 0 Å². The summed E-state index contributed by atoms with van der Waals surface area (Å²) in [6, 6.07) is 20.1. The third-order valence-corrected chi connectivity index (χ3v) is 6.66. The van der Waals surface area contributed by atoms with Gasteiger partial charge in [0, 0.05) is 6.07 Å². The number of methoxy groups -OCH3 is 2. The summed E-state index contributed by atoms with van der Waals surface area (Å²) in [6.45, 7) is 1.99. The summed E-state index contributed by atoms with van der Waals surface area (Å²) in [5.41, 5.74) is 2.73. The first-order valence-corrected chi connectivity index (χ1v) is 11.8. The number of rotatable bonds is 7. The third kappa shape index (κ3) is 4.04.